The zero-order valence-electron chi connectivity index (χ0n) is 5.45. The molecule has 0 unspecified atom stereocenters. The summed E-state index contributed by atoms with van der Waals surface area (Å²) in [5.41, 5.74) is 11.1. The van der Waals surface area contributed by atoms with E-state index in [9.17, 15) is 0 Å². The molecule has 54 valence electrons. The average molecular weight is 165 g/mol. The van der Waals surface area contributed by atoms with Crippen molar-refractivity contribution in [3.05, 3.63) is 0 Å². The molecule has 1 aliphatic rings. The molecule has 0 heterocycles. The van der Waals surface area contributed by atoms with Crippen LogP contribution in [-0.2, 0) is 11.8 Å². The third-order valence-electron chi connectivity index (χ3n) is 1.57. The van der Waals surface area contributed by atoms with E-state index in [2.05, 4.69) is 0 Å². The molecule has 0 aromatic rings. The quantitative estimate of drug-likeness (QED) is 0.575. The maximum absolute atomic E-state index is 5.55. The van der Waals surface area contributed by atoms with Crippen LogP contribution in [-0.4, -0.2) is 17.8 Å². The van der Waals surface area contributed by atoms with Gasteiger partial charge >= 0.3 is 0 Å². The van der Waals surface area contributed by atoms with Crippen molar-refractivity contribution in [2.45, 2.75) is 18.9 Å². The van der Waals surface area contributed by atoms with Gasteiger partial charge in [0.1, 0.15) is 6.49 Å². The normalized spacial score (nSPS) is 20.9. The molecule has 0 amide bonds. The molecule has 4 N–H and O–H groups in total. The van der Waals surface area contributed by atoms with Crippen LogP contribution in [0, 0.1) is 0 Å². The summed E-state index contributed by atoms with van der Waals surface area (Å²) in [5.74, 6) is 0. The van der Waals surface area contributed by atoms with Crippen molar-refractivity contribution in [2.75, 3.05) is 7.05 Å². The topological polar surface area (TPSA) is 55.3 Å². The van der Waals surface area contributed by atoms with Crippen LogP contribution in [0.15, 0.2) is 0 Å². The first-order valence-electron chi connectivity index (χ1n) is 2.92. The van der Waals surface area contributed by atoms with Crippen LogP contribution in [0.2, 0.25) is 0 Å². The molecule has 1 rings (SSSR count). The van der Waals surface area contributed by atoms with E-state index < -0.39 is 6.49 Å². The fourth-order valence-corrected chi connectivity index (χ4v) is 1.84. The van der Waals surface area contributed by atoms with Crippen LogP contribution < -0.4 is 11.0 Å². The summed E-state index contributed by atoms with van der Waals surface area (Å²) in [5, 5.41) is 0. The Labute approximate surface area is 60.6 Å². The lowest BCUT2D eigenvalue weighted by molar-refractivity contribution is 0.537. The van der Waals surface area contributed by atoms with Gasteiger partial charge in [-0.15, -0.1) is 0 Å². The lowest BCUT2D eigenvalue weighted by Gasteiger charge is -2.23. The summed E-state index contributed by atoms with van der Waals surface area (Å²) < 4.78 is 1.95. The highest BCUT2D eigenvalue weighted by Gasteiger charge is 2.30. The van der Waals surface area contributed by atoms with E-state index >= 15 is 0 Å². The van der Waals surface area contributed by atoms with Gasteiger partial charge < -0.3 is 0 Å². The molecule has 5 heteroatoms. The van der Waals surface area contributed by atoms with Crippen molar-refractivity contribution in [3.63, 3.8) is 0 Å². The number of nitrogens with two attached hydrogens (primary N) is 2. The Kier molecular flexibility index (Phi) is 1.94. The number of hydrogen-bond donors (Lipinski definition) is 2. The van der Waals surface area contributed by atoms with Gasteiger partial charge in [0.2, 0.25) is 0 Å². The van der Waals surface area contributed by atoms with Crippen LogP contribution in [0.5, 0.6) is 0 Å². The lowest BCUT2D eigenvalue weighted by Crippen LogP contribution is -2.26. The molecule has 0 aromatic heterocycles. The van der Waals surface area contributed by atoms with Crippen molar-refractivity contribution in [1.82, 2.24) is 4.67 Å². The summed E-state index contributed by atoms with van der Waals surface area (Å²) in [6.07, 6.45) is 2.42. The predicted octanol–water partition coefficient (Wildman–Crippen LogP) is 0.223. The highest BCUT2D eigenvalue weighted by molar-refractivity contribution is 8.11. The summed E-state index contributed by atoms with van der Waals surface area (Å²) >= 11 is 4.92. The molecule has 9 heavy (non-hydrogen) atoms. The van der Waals surface area contributed by atoms with Crippen LogP contribution in [0.4, 0.5) is 0 Å². The fourth-order valence-electron chi connectivity index (χ4n) is 0.703. The SMILES string of the molecule is CN(C1CC1)P(N)(N)=S. The second-order valence-corrected chi connectivity index (χ2v) is 6.21. The second kappa shape index (κ2) is 2.29. The molecular weight excluding hydrogens is 153 g/mol. The zero-order chi connectivity index (χ0) is 7.07. The fraction of sp³-hybridized carbons (Fsp3) is 1.00. The van der Waals surface area contributed by atoms with Gasteiger partial charge in [-0.25, -0.2) is 0 Å². The van der Waals surface area contributed by atoms with Gasteiger partial charge in [-0.1, -0.05) is 0 Å². The molecule has 3 nitrogen and oxygen atoms in total. The van der Waals surface area contributed by atoms with Crippen molar-refractivity contribution in [3.8, 4) is 0 Å². The van der Waals surface area contributed by atoms with Crippen molar-refractivity contribution < 1.29 is 0 Å². The molecule has 1 aliphatic carbocycles. The molecule has 0 bridgehead atoms. The van der Waals surface area contributed by atoms with Crippen molar-refractivity contribution in [1.29, 1.82) is 0 Å². The van der Waals surface area contributed by atoms with E-state index in [1.54, 1.807) is 0 Å². The molecular formula is C4H12N3PS. The summed E-state index contributed by atoms with van der Waals surface area (Å²) in [6, 6.07) is 0.589. The van der Waals surface area contributed by atoms with Crippen molar-refractivity contribution in [2.24, 2.45) is 11.0 Å². The Morgan fingerprint density at radius 1 is 1.56 bits per heavy atom. The summed E-state index contributed by atoms with van der Waals surface area (Å²) in [7, 11) is 1.92. The van der Waals surface area contributed by atoms with Crippen LogP contribution >= 0.6 is 6.49 Å². The molecule has 0 aliphatic heterocycles. The summed E-state index contributed by atoms with van der Waals surface area (Å²) in [4.78, 5) is 0. The van der Waals surface area contributed by atoms with E-state index in [0.717, 1.165) is 0 Å². The number of hydrogen-bond acceptors (Lipinski definition) is 1. The minimum absolute atomic E-state index is 0.589. The van der Waals surface area contributed by atoms with Gasteiger partial charge in [-0.05, 0) is 31.7 Å². The Morgan fingerprint density at radius 3 is 2.11 bits per heavy atom. The van der Waals surface area contributed by atoms with E-state index in [0.29, 0.717) is 6.04 Å². The average Bonchev–Trinajstić information content (AvgIpc) is 2.40. The van der Waals surface area contributed by atoms with Crippen LogP contribution in [0.1, 0.15) is 12.8 Å². The summed E-state index contributed by atoms with van der Waals surface area (Å²) in [6.45, 7) is -2.08. The Morgan fingerprint density at radius 2 is 2.00 bits per heavy atom. The highest BCUT2D eigenvalue weighted by Crippen LogP contribution is 2.40. The largest absolute Gasteiger partial charge is 0.279 e. The maximum Gasteiger partial charge on any atom is 0.135 e. The highest BCUT2D eigenvalue weighted by atomic mass is 32.4. The van der Waals surface area contributed by atoms with Gasteiger partial charge in [-0.3, -0.25) is 15.7 Å². The Hall–Kier alpha value is 0.530. The van der Waals surface area contributed by atoms with E-state index in [-0.39, 0.29) is 0 Å². The standard InChI is InChI=1S/C4H12N3PS/c1-7(4-2-3-4)8(5,6)9/h4H,2-3H2,1H3,(H4,5,6,9). The molecule has 0 radical (unpaired) electrons. The first-order valence-corrected chi connectivity index (χ1v) is 5.81. The third kappa shape index (κ3) is 1.99. The first kappa shape index (κ1) is 7.63. The number of nitrogens with zero attached hydrogens (tertiary/aromatic N) is 1. The van der Waals surface area contributed by atoms with Gasteiger partial charge in [0, 0.05) is 6.04 Å². The molecule has 0 spiro atoms. The van der Waals surface area contributed by atoms with Gasteiger partial charge in [0.25, 0.3) is 0 Å². The minimum Gasteiger partial charge on any atom is -0.279 e. The first-order chi connectivity index (χ1) is 4.02. The Bertz CT molecular complexity index is 150. The van der Waals surface area contributed by atoms with E-state index in [1.165, 1.54) is 12.8 Å². The van der Waals surface area contributed by atoms with Gasteiger partial charge in [-0.2, -0.15) is 0 Å². The van der Waals surface area contributed by atoms with Gasteiger partial charge in [0.05, 0.1) is 0 Å². The Balaban J connectivity index is 2.50. The maximum atomic E-state index is 5.55. The molecule has 1 fully saturated rings. The van der Waals surface area contributed by atoms with Gasteiger partial charge in [0.15, 0.2) is 0 Å². The van der Waals surface area contributed by atoms with E-state index in [1.807, 2.05) is 11.7 Å². The lowest BCUT2D eigenvalue weighted by atomic mass is 10.7. The molecule has 0 saturated heterocycles. The van der Waals surface area contributed by atoms with Crippen molar-refractivity contribution >= 4 is 18.3 Å². The van der Waals surface area contributed by atoms with E-state index in [4.69, 9.17) is 22.8 Å². The predicted molar refractivity (Wildman–Crippen MR) is 43.4 cm³/mol. The molecule has 1 saturated carbocycles. The second-order valence-electron chi connectivity index (χ2n) is 2.48. The molecule has 0 atom stereocenters. The number of rotatable bonds is 2. The zero-order valence-corrected chi connectivity index (χ0v) is 7.16. The monoisotopic (exact) mass is 165 g/mol. The smallest absolute Gasteiger partial charge is 0.135 e. The minimum atomic E-state index is -2.08. The van der Waals surface area contributed by atoms with Crippen LogP contribution in [0.3, 0.4) is 0 Å². The van der Waals surface area contributed by atoms with Crippen LogP contribution in [0.25, 0.3) is 0 Å². The third-order valence-corrected chi connectivity index (χ3v) is 3.65. The molecule has 0 aromatic carbocycles.